The van der Waals surface area contributed by atoms with Crippen LogP contribution in [0.4, 0.5) is 0 Å². The van der Waals surface area contributed by atoms with Crippen molar-refractivity contribution in [2.45, 2.75) is 53.1 Å². The summed E-state index contributed by atoms with van der Waals surface area (Å²) in [4.78, 5) is 26.5. The monoisotopic (exact) mass is 281 g/mol. The number of H-pyrrole nitrogens is 1. The molecule has 0 aliphatic carbocycles. The fourth-order valence-corrected chi connectivity index (χ4v) is 1.92. The SMILES string of the molecule is COC(=O)CCc1c(C(=O)OC(C)(C)C)[nH]c(C)c1C. The Hall–Kier alpha value is -1.78. The molecule has 1 N–H and O–H groups in total. The second-order valence-corrected chi connectivity index (χ2v) is 5.81. The summed E-state index contributed by atoms with van der Waals surface area (Å²) in [6.07, 6.45) is 0.696. The Morgan fingerprint density at radius 2 is 1.80 bits per heavy atom. The normalized spacial score (nSPS) is 11.3. The van der Waals surface area contributed by atoms with Crippen LogP contribution in [0.15, 0.2) is 0 Å². The van der Waals surface area contributed by atoms with Crippen molar-refractivity contribution in [2.24, 2.45) is 0 Å². The third-order valence-corrected chi connectivity index (χ3v) is 3.04. The summed E-state index contributed by atoms with van der Waals surface area (Å²) < 4.78 is 10.0. The summed E-state index contributed by atoms with van der Waals surface area (Å²) >= 11 is 0. The van der Waals surface area contributed by atoms with Gasteiger partial charge in [-0.25, -0.2) is 4.79 Å². The zero-order chi connectivity index (χ0) is 15.5. The highest BCUT2D eigenvalue weighted by Gasteiger charge is 2.24. The van der Waals surface area contributed by atoms with Gasteiger partial charge in [-0.15, -0.1) is 0 Å². The molecule has 0 aromatic carbocycles. The lowest BCUT2D eigenvalue weighted by Crippen LogP contribution is -2.24. The average molecular weight is 281 g/mol. The van der Waals surface area contributed by atoms with E-state index in [9.17, 15) is 9.59 Å². The quantitative estimate of drug-likeness (QED) is 0.862. The molecular formula is C15H23NO4. The Morgan fingerprint density at radius 3 is 2.30 bits per heavy atom. The molecule has 0 atom stereocenters. The molecular weight excluding hydrogens is 258 g/mol. The second-order valence-electron chi connectivity index (χ2n) is 5.81. The lowest BCUT2D eigenvalue weighted by molar-refractivity contribution is -0.140. The third-order valence-electron chi connectivity index (χ3n) is 3.04. The zero-order valence-electron chi connectivity index (χ0n) is 13.0. The lowest BCUT2D eigenvalue weighted by atomic mass is 10.0. The van der Waals surface area contributed by atoms with E-state index in [4.69, 9.17) is 4.74 Å². The van der Waals surface area contributed by atoms with Gasteiger partial charge >= 0.3 is 11.9 Å². The van der Waals surface area contributed by atoms with Crippen molar-refractivity contribution in [1.82, 2.24) is 4.98 Å². The molecule has 0 aliphatic heterocycles. The van der Waals surface area contributed by atoms with Crippen molar-refractivity contribution in [3.63, 3.8) is 0 Å². The molecule has 0 amide bonds. The summed E-state index contributed by atoms with van der Waals surface area (Å²) in [5.74, 6) is -0.688. The summed E-state index contributed by atoms with van der Waals surface area (Å²) in [6.45, 7) is 9.28. The van der Waals surface area contributed by atoms with Gasteiger partial charge < -0.3 is 14.5 Å². The number of nitrogens with one attached hydrogen (secondary N) is 1. The molecule has 5 heteroatoms. The van der Waals surface area contributed by atoms with Crippen LogP contribution >= 0.6 is 0 Å². The van der Waals surface area contributed by atoms with Gasteiger partial charge in [0.25, 0.3) is 0 Å². The van der Waals surface area contributed by atoms with Crippen molar-refractivity contribution in [2.75, 3.05) is 7.11 Å². The molecule has 0 saturated carbocycles. The van der Waals surface area contributed by atoms with E-state index in [0.29, 0.717) is 12.1 Å². The number of methoxy groups -OCH3 is 1. The molecule has 20 heavy (non-hydrogen) atoms. The molecule has 0 fully saturated rings. The fraction of sp³-hybridized carbons (Fsp3) is 0.600. The first-order chi connectivity index (χ1) is 9.15. The predicted molar refractivity (Wildman–Crippen MR) is 75.8 cm³/mol. The van der Waals surface area contributed by atoms with Gasteiger partial charge in [0.05, 0.1) is 7.11 Å². The first-order valence-electron chi connectivity index (χ1n) is 6.64. The van der Waals surface area contributed by atoms with Crippen molar-refractivity contribution in [1.29, 1.82) is 0 Å². The van der Waals surface area contributed by atoms with Gasteiger partial charge in [0.15, 0.2) is 0 Å². The van der Waals surface area contributed by atoms with Gasteiger partial charge in [0.1, 0.15) is 11.3 Å². The molecule has 1 aromatic rings. The van der Waals surface area contributed by atoms with Gasteiger partial charge in [-0.1, -0.05) is 0 Å². The summed E-state index contributed by atoms with van der Waals surface area (Å²) in [5.41, 5.74) is 2.59. The van der Waals surface area contributed by atoms with E-state index >= 15 is 0 Å². The average Bonchev–Trinajstić information content (AvgIpc) is 2.61. The molecule has 0 aliphatic rings. The maximum absolute atomic E-state index is 12.2. The molecule has 1 rings (SSSR count). The Morgan fingerprint density at radius 1 is 1.20 bits per heavy atom. The summed E-state index contributed by atoms with van der Waals surface area (Å²) in [5, 5.41) is 0. The molecule has 1 heterocycles. The van der Waals surface area contributed by atoms with E-state index in [2.05, 4.69) is 9.72 Å². The number of hydrogen-bond acceptors (Lipinski definition) is 4. The molecule has 0 bridgehead atoms. The highest BCUT2D eigenvalue weighted by atomic mass is 16.6. The van der Waals surface area contributed by atoms with E-state index in [0.717, 1.165) is 16.8 Å². The van der Waals surface area contributed by atoms with Crippen molar-refractivity contribution >= 4 is 11.9 Å². The number of aromatic amines is 1. The molecule has 1 aromatic heterocycles. The molecule has 0 saturated heterocycles. The maximum atomic E-state index is 12.2. The smallest absolute Gasteiger partial charge is 0.355 e. The fourth-order valence-electron chi connectivity index (χ4n) is 1.92. The Kier molecular flexibility index (Phi) is 4.98. The first-order valence-corrected chi connectivity index (χ1v) is 6.64. The van der Waals surface area contributed by atoms with Crippen LogP contribution in [0, 0.1) is 13.8 Å². The van der Waals surface area contributed by atoms with E-state index < -0.39 is 11.6 Å². The van der Waals surface area contributed by atoms with E-state index in [-0.39, 0.29) is 12.4 Å². The number of rotatable bonds is 4. The minimum atomic E-state index is -0.552. The zero-order valence-corrected chi connectivity index (χ0v) is 13.0. The Balaban J connectivity index is 2.99. The van der Waals surface area contributed by atoms with Crippen LogP contribution < -0.4 is 0 Å². The van der Waals surface area contributed by atoms with Crippen LogP contribution in [0.2, 0.25) is 0 Å². The highest BCUT2D eigenvalue weighted by molar-refractivity contribution is 5.90. The molecule has 0 unspecified atom stereocenters. The van der Waals surface area contributed by atoms with Crippen molar-refractivity contribution in [3.8, 4) is 0 Å². The van der Waals surface area contributed by atoms with Gasteiger partial charge in [-0.05, 0) is 52.2 Å². The van der Waals surface area contributed by atoms with Crippen LogP contribution in [-0.2, 0) is 20.7 Å². The maximum Gasteiger partial charge on any atom is 0.355 e. The highest BCUT2D eigenvalue weighted by Crippen LogP contribution is 2.22. The number of ether oxygens (including phenoxy) is 2. The van der Waals surface area contributed by atoms with Gasteiger partial charge in [-0.3, -0.25) is 4.79 Å². The van der Waals surface area contributed by atoms with Crippen LogP contribution in [0.3, 0.4) is 0 Å². The van der Waals surface area contributed by atoms with E-state index in [1.54, 1.807) is 0 Å². The number of aromatic nitrogens is 1. The van der Waals surface area contributed by atoms with E-state index in [1.165, 1.54) is 7.11 Å². The van der Waals surface area contributed by atoms with Gasteiger partial charge in [-0.2, -0.15) is 0 Å². The first kappa shape index (κ1) is 16.3. The number of hydrogen-bond donors (Lipinski definition) is 1. The van der Waals surface area contributed by atoms with Crippen LogP contribution in [0.1, 0.15) is 54.5 Å². The minimum Gasteiger partial charge on any atom is -0.469 e. The van der Waals surface area contributed by atoms with Crippen LogP contribution in [0.25, 0.3) is 0 Å². The standard InChI is InChI=1S/C15H23NO4/c1-9-10(2)16-13(14(18)20-15(3,4)5)11(9)7-8-12(17)19-6/h16H,7-8H2,1-6H3. The molecule has 0 radical (unpaired) electrons. The van der Waals surface area contributed by atoms with Crippen LogP contribution in [0.5, 0.6) is 0 Å². The molecule has 5 nitrogen and oxygen atoms in total. The largest absolute Gasteiger partial charge is 0.469 e. The second kappa shape index (κ2) is 6.11. The predicted octanol–water partition coefficient (Wildman–Crippen LogP) is 2.69. The van der Waals surface area contributed by atoms with E-state index in [1.807, 2.05) is 34.6 Å². The lowest BCUT2D eigenvalue weighted by Gasteiger charge is -2.19. The van der Waals surface area contributed by atoms with Crippen molar-refractivity contribution < 1.29 is 19.1 Å². The van der Waals surface area contributed by atoms with Gasteiger partial charge in [0, 0.05) is 12.1 Å². The topological polar surface area (TPSA) is 68.4 Å². The van der Waals surface area contributed by atoms with Crippen LogP contribution in [-0.4, -0.2) is 29.6 Å². The van der Waals surface area contributed by atoms with Gasteiger partial charge in [0.2, 0.25) is 0 Å². The molecule has 112 valence electrons. The number of esters is 2. The number of carbonyl (C=O) groups is 2. The van der Waals surface area contributed by atoms with Crippen molar-refractivity contribution in [3.05, 3.63) is 22.5 Å². The Bertz CT molecular complexity index is 509. The third kappa shape index (κ3) is 4.11. The number of aryl methyl sites for hydroxylation is 1. The molecule has 0 spiro atoms. The summed E-state index contributed by atoms with van der Waals surface area (Å²) in [7, 11) is 1.35. The minimum absolute atomic E-state index is 0.241. The number of carbonyl (C=O) groups excluding carboxylic acids is 2. The Labute approximate surface area is 119 Å². The summed E-state index contributed by atoms with van der Waals surface area (Å²) in [6, 6.07) is 0.